The molecular formula is C26H32N4O2. The van der Waals surface area contributed by atoms with Gasteiger partial charge >= 0.3 is 0 Å². The molecule has 2 aromatic carbocycles. The molecule has 0 bridgehead atoms. The van der Waals surface area contributed by atoms with Crippen molar-refractivity contribution in [2.24, 2.45) is 0 Å². The van der Waals surface area contributed by atoms with Crippen molar-refractivity contribution in [3.05, 3.63) is 60.2 Å². The van der Waals surface area contributed by atoms with E-state index in [9.17, 15) is 4.79 Å². The van der Waals surface area contributed by atoms with Crippen LogP contribution in [0.1, 0.15) is 37.0 Å². The third-order valence-corrected chi connectivity index (χ3v) is 6.09. The van der Waals surface area contributed by atoms with Crippen LogP contribution < -0.4 is 19.9 Å². The number of para-hydroxylation sites is 1. The van der Waals surface area contributed by atoms with Crippen molar-refractivity contribution in [3.63, 3.8) is 0 Å². The van der Waals surface area contributed by atoms with Crippen LogP contribution in [0.2, 0.25) is 0 Å². The van der Waals surface area contributed by atoms with Crippen LogP contribution in [0.15, 0.2) is 54.6 Å². The van der Waals surface area contributed by atoms with E-state index >= 15 is 0 Å². The van der Waals surface area contributed by atoms with E-state index in [0.717, 1.165) is 61.5 Å². The van der Waals surface area contributed by atoms with Gasteiger partial charge in [-0.25, -0.2) is 4.98 Å². The Balaban J connectivity index is 1.53. The van der Waals surface area contributed by atoms with Crippen molar-refractivity contribution in [2.75, 3.05) is 43.1 Å². The molecule has 6 nitrogen and oxygen atoms in total. The van der Waals surface area contributed by atoms with Crippen molar-refractivity contribution in [1.29, 1.82) is 0 Å². The van der Waals surface area contributed by atoms with Gasteiger partial charge in [0, 0.05) is 43.3 Å². The van der Waals surface area contributed by atoms with E-state index in [4.69, 9.17) is 9.72 Å². The van der Waals surface area contributed by atoms with Crippen LogP contribution in [-0.4, -0.2) is 50.2 Å². The lowest BCUT2D eigenvalue weighted by Crippen LogP contribution is -2.47. The number of anilines is 2. The molecule has 0 radical (unpaired) electrons. The predicted octanol–water partition coefficient (Wildman–Crippen LogP) is 4.49. The van der Waals surface area contributed by atoms with Gasteiger partial charge in [0.15, 0.2) is 0 Å². The number of nitrogens with one attached hydrogen (secondary N) is 1. The standard InChI is InChI=1S/C26H32N4O2/c1-4-7-19(2)27-26(31)23-18-25(28-24-9-6-5-8-22(23)24)30-16-14-29(15-17-30)20-10-12-21(32-3)13-11-20/h5-6,8-13,18-19H,4,7,14-17H2,1-3H3,(H,27,31)/t19-/m1/s1. The lowest BCUT2D eigenvalue weighted by Gasteiger charge is -2.37. The molecule has 1 fully saturated rings. The monoisotopic (exact) mass is 432 g/mol. The second-order valence-corrected chi connectivity index (χ2v) is 8.38. The molecule has 1 aliphatic heterocycles. The molecule has 3 aromatic rings. The number of hydrogen-bond donors (Lipinski definition) is 1. The maximum absolute atomic E-state index is 13.1. The highest BCUT2D eigenvalue weighted by molar-refractivity contribution is 6.07. The van der Waals surface area contributed by atoms with E-state index in [0.29, 0.717) is 5.56 Å². The van der Waals surface area contributed by atoms with E-state index in [2.05, 4.69) is 41.1 Å². The molecule has 0 saturated carbocycles. The quantitative estimate of drug-likeness (QED) is 0.596. The zero-order chi connectivity index (χ0) is 22.5. The largest absolute Gasteiger partial charge is 0.497 e. The number of amides is 1. The molecule has 6 heteroatoms. The fraction of sp³-hybridized carbons (Fsp3) is 0.385. The molecule has 2 heterocycles. The average Bonchev–Trinajstić information content (AvgIpc) is 2.83. The first-order chi connectivity index (χ1) is 15.6. The number of pyridine rings is 1. The van der Waals surface area contributed by atoms with Crippen LogP contribution in [0.3, 0.4) is 0 Å². The summed E-state index contributed by atoms with van der Waals surface area (Å²) >= 11 is 0. The van der Waals surface area contributed by atoms with Crippen molar-refractivity contribution in [3.8, 4) is 5.75 Å². The van der Waals surface area contributed by atoms with E-state index in [1.54, 1.807) is 7.11 Å². The molecule has 1 aromatic heterocycles. The molecule has 4 rings (SSSR count). The molecule has 1 N–H and O–H groups in total. The first-order valence-corrected chi connectivity index (χ1v) is 11.4. The number of carbonyl (C=O) groups excluding carboxylic acids is 1. The number of nitrogens with zero attached hydrogens (tertiary/aromatic N) is 3. The Hall–Kier alpha value is -3.28. The molecule has 0 unspecified atom stereocenters. The van der Waals surface area contributed by atoms with Crippen LogP contribution in [0.5, 0.6) is 5.75 Å². The molecule has 32 heavy (non-hydrogen) atoms. The molecule has 0 spiro atoms. The van der Waals surface area contributed by atoms with Gasteiger partial charge in [-0.05, 0) is 49.7 Å². The maximum atomic E-state index is 13.1. The van der Waals surface area contributed by atoms with Gasteiger partial charge in [-0.2, -0.15) is 0 Å². The van der Waals surface area contributed by atoms with Crippen LogP contribution in [-0.2, 0) is 0 Å². The molecule has 1 amide bonds. The number of aromatic nitrogens is 1. The van der Waals surface area contributed by atoms with Gasteiger partial charge in [-0.3, -0.25) is 4.79 Å². The number of methoxy groups -OCH3 is 1. The minimum Gasteiger partial charge on any atom is -0.497 e. The third-order valence-electron chi connectivity index (χ3n) is 6.09. The Bertz CT molecular complexity index is 1060. The Morgan fingerprint density at radius 1 is 1.06 bits per heavy atom. The number of benzene rings is 2. The third kappa shape index (κ3) is 4.79. The molecule has 168 valence electrons. The summed E-state index contributed by atoms with van der Waals surface area (Å²) in [4.78, 5) is 22.6. The first-order valence-electron chi connectivity index (χ1n) is 11.4. The van der Waals surface area contributed by atoms with Crippen LogP contribution in [0.4, 0.5) is 11.5 Å². The van der Waals surface area contributed by atoms with Crippen molar-refractivity contribution in [1.82, 2.24) is 10.3 Å². The minimum absolute atomic E-state index is 0.0253. The number of ether oxygens (including phenoxy) is 1. The fourth-order valence-corrected chi connectivity index (χ4v) is 4.30. The summed E-state index contributed by atoms with van der Waals surface area (Å²) in [6.07, 6.45) is 2.01. The molecule has 1 aliphatic rings. The summed E-state index contributed by atoms with van der Waals surface area (Å²) < 4.78 is 5.27. The molecule has 1 saturated heterocycles. The first kappa shape index (κ1) is 21.9. The summed E-state index contributed by atoms with van der Waals surface area (Å²) in [6, 6.07) is 18.2. The zero-order valence-electron chi connectivity index (χ0n) is 19.2. The summed E-state index contributed by atoms with van der Waals surface area (Å²) in [7, 11) is 1.68. The van der Waals surface area contributed by atoms with Crippen molar-refractivity contribution < 1.29 is 9.53 Å². The zero-order valence-corrected chi connectivity index (χ0v) is 19.2. The van der Waals surface area contributed by atoms with Gasteiger partial charge in [-0.15, -0.1) is 0 Å². The minimum atomic E-state index is -0.0253. The highest BCUT2D eigenvalue weighted by atomic mass is 16.5. The van der Waals surface area contributed by atoms with Gasteiger partial charge in [-0.1, -0.05) is 31.5 Å². The van der Waals surface area contributed by atoms with Gasteiger partial charge in [0.1, 0.15) is 11.6 Å². The molecule has 0 aliphatic carbocycles. The van der Waals surface area contributed by atoms with Gasteiger partial charge in [0.25, 0.3) is 5.91 Å². The summed E-state index contributed by atoms with van der Waals surface area (Å²) in [5, 5.41) is 4.05. The van der Waals surface area contributed by atoms with Gasteiger partial charge < -0.3 is 19.9 Å². The smallest absolute Gasteiger partial charge is 0.252 e. The van der Waals surface area contributed by atoms with Crippen LogP contribution >= 0.6 is 0 Å². The Labute approximate surface area is 190 Å². The summed E-state index contributed by atoms with van der Waals surface area (Å²) in [5.74, 6) is 1.71. The van der Waals surface area contributed by atoms with Crippen molar-refractivity contribution in [2.45, 2.75) is 32.7 Å². The summed E-state index contributed by atoms with van der Waals surface area (Å²) in [5.41, 5.74) is 2.75. The molecular weight excluding hydrogens is 400 g/mol. The number of rotatable bonds is 7. The predicted molar refractivity (Wildman–Crippen MR) is 131 cm³/mol. The van der Waals surface area contributed by atoms with Crippen molar-refractivity contribution >= 4 is 28.3 Å². The highest BCUT2D eigenvalue weighted by Gasteiger charge is 2.21. The SMILES string of the molecule is CCC[C@@H](C)NC(=O)c1cc(N2CCN(c3ccc(OC)cc3)CC2)nc2ccccc12. The Kier molecular flexibility index (Phi) is 6.78. The Morgan fingerprint density at radius 2 is 1.75 bits per heavy atom. The lowest BCUT2D eigenvalue weighted by atomic mass is 10.1. The number of piperazine rings is 1. The van der Waals surface area contributed by atoms with Gasteiger partial charge in [0.2, 0.25) is 0 Å². The van der Waals surface area contributed by atoms with Crippen LogP contribution in [0, 0.1) is 0 Å². The number of hydrogen-bond acceptors (Lipinski definition) is 5. The van der Waals surface area contributed by atoms with E-state index < -0.39 is 0 Å². The normalized spacial score (nSPS) is 15.0. The van der Waals surface area contributed by atoms with Crippen LogP contribution in [0.25, 0.3) is 10.9 Å². The topological polar surface area (TPSA) is 57.7 Å². The number of fused-ring (bicyclic) bond motifs is 1. The Morgan fingerprint density at radius 3 is 2.44 bits per heavy atom. The van der Waals surface area contributed by atoms with Gasteiger partial charge in [0.05, 0.1) is 18.2 Å². The second-order valence-electron chi connectivity index (χ2n) is 8.38. The molecule has 1 atom stereocenters. The average molecular weight is 433 g/mol. The summed E-state index contributed by atoms with van der Waals surface area (Å²) in [6.45, 7) is 7.69. The number of carbonyl (C=O) groups is 1. The fourth-order valence-electron chi connectivity index (χ4n) is 4.30. The lowest BCUT2D eigenvalue weighted by molar-refractivity contribution is 0.0940. The van der Waals surface area contributed by atoms with E-state index in [-0.39, 0.29) is 11.9 Å². The second kappa shape index (κ2) is 9.90. The van der Waals surface area contributed by atoms with E-state index in [1.807, 2.05) is 42.5 Å². The van der Waals surface area contributed by atoms with E-state index in [1.165, 1.54) is 5.69 Å². The maximum Gasteiger partial charge on any atom is 0.252 e. The highest BCUT2D eigenvalue weighted by Crippen LogP contribution is 2.26.